The van der Waals surface area contributed by atoms with Gasteiger partial charge in [-0.3, -0.25) is 0 Å². The quantitative estimate of drug-likeness (QED) is 0.492. The van der Waals surface area contributed by atoms with Gasteiger partial charge in [0.2, 0.25) is 0 Å². The molecule has 0 radical (unpaired) electrons. The molecule has 0 saturated heterocycles. The molecule has 1 aliphatic carbocycles. The Labute approximate surface area is 54.7 Å². The van der Waals surface area contributed by atoms with E-state index in [1.165, 1.54) is 0 Å². The first-order valence-corrected chi connectivity index (χ1v) is 3.03. The van der Waals surface area contributed by atoms with Crippen LogP contribution >= 0.6 is 0 Å². The van der Waals surface area contributed by atoms with Gasteiger partial charge in [0.25, 0.3) is 0 Å². The van der Waals surface area contributed by atoms with Crippen molar-refractivity contribution in [1.82, 2.24) is 0 Å². The van der Waals surface area contributed by atoms with Gasteiger partial charge in [-0.1, -0.05) is 19.1 Å². The molecule has 1 rings (SSSR count). The largest absolute Gasteiger partial charge is 0.399 e. The molecule has 0 aromatic carbocycles. The summed E-state index contributed by atoms with van der Waals surface area (Å²) >= 11 is 0. The van der Waals surface area contributed by atoms with Crippen LogP contribution in [0.5, 0.6) is 0 Å². The fourth-order valence-corrected chi connectivity index (χ4v) is 0.843. The van der Waals surface area contributed by atoms with Crippen LogP contribution in [-0.2, 0) is 0 Å². The number of nitrogens with two attached hydrogens (primary N) is 1. The Morgan fingerprint density at radius 1 is 1.67 bits per heavy atom. The summed E-state index contributed by atoms with van der Waals surface area (Å²) < 4.78 is 0. The van der Waals surface area contributed by atoms with Crippen molar-refractivity contribution in [1.29, 1.82) is 0 Å². The van der Waals surface area contributed by atoms with Crippen molar-refractivity contribution >= 4 is 0 Å². The van der Waals surface area contributed by atoms with Gasteiger partial charge in [0, 0.05) is 11.6 Å². The molecule has 0 bridgehead atoms. The molecule has 50 valence electrons. The monoisotopic (exact) mass is 125 g/mol. The zero-order chi connectivity index (χ0) is 6.85. The van der Waals surface area contributed by atoms with E-state index < -0.39 is 0 Å². The van der Waals surface area contributed by atoms with Gasteiger partial charge in [0.1, 0.15) is 0 Å². The van der Waals surface area contributed by atoms with Gasteiger partial charge < -0.3 is 10.8 Å². The van der Waals surface area contributed by atoms with Crippen molar-refractivity contribution in [2.24, 2.45) is 11.7 Å². The molecule has 3 N–H and O–H groups in total. The summed E-state index contributed by atoms with van der Waals surface area (Å²) in [6, 6.07) is 0. The molecule has 1 aliphatic rings. The molecule has 0 aromatic heterocycles. The van der Waals surface area contributed by atoms with Crippen LogP contribution < -0.4 is 5.73 Å². The third-order valence-electron chi connectivity index (χ3n) is 1.48. The second-order valence-corrected chi connectivity index (χ2v) is 2.38. The van der Waals surface area contributed by atoms with Crippen LogP contribution in [0.1, 0.15) is 6.92 Å². The SMILES string of the molecule is CC1C=C(N)C=CC1O. The zero-order valence-electron chi connectivity index (χ0n) is 5.41. The fraction of sp³-hybridized carbons (Fsp3) is 0.429. The van der Waals surface area contributed by atoms with Gasteiger partial charge in [0.15, 0.2) is 0 Å². The summed E-state index contributed by atoms with van der Waals surface area (Å²) in [6.45, 7) is 1.93. The molecule has 2 atom stereocenters. The standard InChI is InChI=1S/C7H11NO/c1-5-4-6(8)2-3-7(5)9/h2-5,7,9H,8H2,1H3. The second kappa shape index (κ2) is 2.23. The molecule has 0 fully saturated rings. The Morgan fingerprint density at radius 2 is 2.33 bits per heavy atom. The molecule has 2 heteroatoms. The highest BCUT2D eigenvalue weighted by atomic mass is 16.3. The van der Waals surface area contributed by atoms with Gasteiger partial charge in [-0.25, -0.2) is 0 Å². The van der Waals surface area contributed by atoms with Crippen molar-refractivity contribution in [3.8, 4) is 0 Å². The minimum atomic E-state index is -0.350. The number of aliphatic hydroxyl groups excluding tert-OH is 1. The van der Waals surface area contributed by atoms with E-state index in [0.29, 0.717) is 0 Å². The number of aliphatic hydroxyl groups is 1. The summed E-state index contributed by atoms with van der Waals surface area (Å²) in [4.78, 5) is 0. The Bertz CT molecular complexity index is 160. The van der Waals surface area contributed by atoms with Crippen molar-refractivity contribution in [3.63, 3.8) is 0 Å². The average Bonchev–Trinajstić information content (AvgIpc) is 1.80. The van der Waals surface area contributed by atoms with Gasteiger partial charge >= 0.3 is 0 Å². The van der Waals surface area contributed by atoms with Crippen LogP contribution in [0.15, 0.2) is 23.9 Å². The molecule has 0 spiro atoms. The molecule has 2 nitrogen and oxygen atoms in total. The lowest BCUT2D eigenvalue weighted by atomic mass is 9.99. The normalized spacial score (nSPS) is 34.2. The number of rotatable bonds is 0. The molecule has 0 heterocycles. The Morgan fingerprint density at radius 3 is 2.78 bits per heavy atom. The third-order valence-corrected chi connectivity index (χ3v) is 1.48. The minimum Gasteiger partial charge on any atom is -0.399 e. The van der Waals surface area contributed by atoms with Crippen molar-refractivity contribution in [3.05, 3.63) is 23.9 Å². The Hall–Kier alpha value is -0.760. The first-order valence-electron chi connectivity index (χ1n) is 3.03. The maximum Gasteiger partial charge on any atom is 0.0785 e. The molecule has 0 aliphatic heterocycles. The average molecular weight is 125 g/mol. The van der Waals surface area contributed by atoms with Crippen molar-refractivity contribution in [2.45, 2.75) is 13.0 Å². The molecule has 0 saturated carbocycles. The van der Waals surface area contributed by atoms with Crippen LogP contribution in [0, 0.1) is 5.92 Å². The van der Waals surface area contributed by atoms with E-state index in [9.17, 15) is 0 Å². The van der Waals surface area contributed by atoms with Crippen LogP contribution in [-0.4, -0.2) is 11.2 Å². The summed E-state index contributed by atoms with van der Waals surface area (Å²) in [7, 11) is 0. The van der Waals surface area contributed by atoms with E-state index in [1.54, 1.807) is 12.2 Å². The predicted octanol–water partition coefficient (Wildman–Crippen LogP) is 0.396. The van der Waals surface area contributed by atoms with Crippen molar-refractivity contribution < 1.29 is 5.11 Å². The third kappa shape index (κ3) is 1.33. The first kappa shape index (κ1) is 6.36. The molecular weight excluding hydrogens is 114 g/mol. The number of hydrogen-bond donors (Lipinski definition) is 2. The Balaban J connectivity index is 2.70. The van der Waals surface area contributed by atoms with E-state index in [2.05, 4.69) is 0 Å². The van der Waals surface area contributed by atoms with Gasteiger partial charge in [-0.2, -0.15) is 0 Å². The topological polar surface area (TPSA) is 46.2 Å². The molecule has 9 heavy (non-hydrogen) atoms. The smallest absolute Gasteiger partial charge is 0.0785 e. The second-order valence-electron chi connectivity index (χ2n) is 2.38. The molecule has 0 amide bonds. The highest BCUT2D eigenvalue weighted by Gasteiger charge is 2.11. The molecule has 0 aromatic rings. The predicted molar refractivity (Wildman–Crippen MR) is 36.6 cm³/mol. The van der Waals surface area contributed by atoms with Crippen LogP contribution in [0.4, 0.5) is 0 Å². The summed E-state index contributed by atoms with van der Waals surface area (Å²) in [5.74, 6) is 0.162. The van der Waals surface area contributed by atoms with Gasteiger partial charge in [0.05, 0.1) is 6.10 Å². The molecular formula is C7H11NO. The fourth-order valence-electron chi connectivity index (χ4n) is 0.843. The van der Waals surface area contributed by atoms with Crippen LogP contribution in [0.3, 0.4) is 0 Å². The van der Waals surface area contributed by atoms with Crippen LogP contribution in [0.25, 0.3) is 0 Å². The summed E-state index contributed by atoms with van der Waals surface area (Å²) in [5.41, 5.74) is 6.19. The lowest BCUT2D eigenvalue weighted by Crippen LogP contribution is -2.17. The van der Waals surface area contributed by atoms with Crippen molar-refractivity contribution in [2.75, 3.05) is 0 Å². The summed E-state index contributed by atoms with van der Waals surface area (Å²) in [5, 5.41) is 9.11. The lowest BCUT2D eigenvalue weighted by molar-refractivity contribution is 0.183. The molecule has 2 unspecified atom stereocenters. The lowest BCUT2D eigenvalue weighted by Gasteiger charge is -2.15. The van der Waals surface area contributed by atoms with Crippen LogP contribution in [0.2, 0.25) is 0 Å². The zero-order valence-corrected chi connectivity index (χ0v) is 5.41. The Kier molecular flexibility index (Phi) is 1.58. The van der Waals surface area contributed by atoms with E-state index in [-0.39, 0.29) is 12.0 Å². The van der Waals surface area contributed by atoms with Gasteiger partial charge in [-0.15, -0.1) is 0 Å². The maximum absolute atomic E-state index is 9.11. The van der Waals surface area contributed by atoms with E-state index in [4.69, 9.17) is 10.8 Å². The first-order chi connectivity index (χ1) is 4.20. The van der Waals surface area contributed by atoms with E-state index in [1.807, 2.05) is 13.0 Å². The minimum absolute atomic E-state index is 0.162. The summed E-state index contributed by atoms with van der Waals surface area (Å²) in [6.07, 6.45) is 4.94. The van der Waals surface area contributed by atoms with Gasteiger partial charge in [-0.05, 0) is 6.08 Å². The highest BCUT2D eigenvalue weighted by molar-refractivity contribution is 5.22. The van der Waals surface area contributed by atoms with E-state index in [0.717, 1.165) is 5.70 Å². The highest BCUT2D eigenvalue weighted by Crippen LogP contribution is 2.12. The van der Waals surface area contributed by atoms with E-state index >= 15 is 0 Å². The number of hydrogen-bond acceptors (Lipinski definition) is 2. The number of allylic oxidation sites excluding steroid dienone is 1. The maximum atomic E-state index is 9.11.